The molecule has 0 bridgehead atoms. The fourth-order valence-corrected chi connectivity index (χ4v) is 2.16. The SMILES string of the molecule is CN(C)C(CC(C)(C)C)c1ccccc1Cl. The van der Waals surface area contributed by atoms with Crippen molar-refractivity contribution in [3.8, 4) is 0 Å². The molecule has 16 heavy (non-hydrogen) atoms. The Labute approximate surface area is 104 Å². The Morgan fingerprint density at radius 3 is 2.19 bits per heavy atom. The fourth-order valence-electron chi connectivity index (χ4n) is 1.90. The Bertz CT molecular complexity index is 339. The van der Waals surface area contributed by atoms with E-state index in [1.807, 2.05) is 12.1 Å². The van der Waals surface area contributed by atoms with E-state index in [4.69, 9.17) is 11.6 Å². The Balaban J connectivity index is 2.99. The number of benzene rings is 1. The molecule has 0 saturated carbocycles. The molecule has 0 amide bonds. The largest absolute Gasteiger partial charge is 0.302 e. The van der Waals surface area contributed by atoms with E-state index in [9.17, 15) is 0 Å². The van der Waals surface area contributed by atoms with Crippen LogP contribution in [-0.4, -0.2) is 19.0 Å². The molecule has 0 aliphatic heterocycles. The molecule has 0 heterocycles. The zero-order chi connectivity index (χ0) is 12.3. The summed E-state index contributed by atoms with van der Waals surface area (Å²) >= 11 is 6.27. The summed E-state index contributed by atoms with van der Waals surface area (Å²) in [7, 11) is 4.22. The van der Waals surface area contributed by atoms with Crippen molar-refractivity contribution >= 4 is 11.6 Å². The van der Waals surface area contributed by atoms with E-state index >= 15 is 0 Å². The molecule has 0 fully saturated rings. The molecule has 0 spiro atoms. The lowest BCUT2D eigenvalue weighted by molar-refractivity contribution is 0.211. The molecule has 1 atom stereocenters. The van der Waals surface area contributed by atoms with E-state index in [0.29, 0.717) is 11.5 Å². The number of nitrogens with zero attached hydrogens (tertiary/aromatic N) is 1. The summed E-state index contributed by atoms with van der Waals surface area (Å²) in [5.74, 6) is 0. The highest BCUT2D eigenvalue weighted by atomic mass is 35.5. The van der Waals surface area contributed by atoms with Gasteiger partial charge in [0.15, 0.2) is 0 Å². The second-order valence-electron chi connectivity index (χ2n) is 5.77. The standard InChI is InChI=1S/C14H22ClN/c1-14(2,3)10-13(16(4)5)11-8-6-7-9-12(11)15/h6-9,13H,10H2,1-5H3. The topological polar surface area (TPSA) is 3.24 Å². The summed E-state index contributed by atoms with van der Waals surface area (Å²) in [6, 6.07) is 8.51. The third kappa shape index (κ3) is 3.80. The van der Waals surface area contributed by atoms with E-state index < -0.39 is 0 Å². The van der Waals surface area contributed by atoms with Crippen molar-refractivity contribution in [1.29, 1.82) is 0 Å². The third-order valence-electron chi connectivity index (χ3n) is 2.69. The monoisotopic (exact) mass is 239 g/mol. The van der Waals surface area contributed by atoms with Gasteiger partial charge in [0.1, 0.15) is 0 Å². The molecule has 0 aliphatic rings. The van der Waals surface area contributed by atoms with Gasteiger partial charge in [-0.15, -0.1) is 0 Å². The molecule has 0 aliphatic carbocycles. The predicted octanol–water partition coefficient (Wildman–Crippen LogP) is 4.38. The van der Waals surface area contributed by atoms with Crippen LogP contribution in [0.3, 0.4) is 0 Å². The van der Waals surface area contributed by atoms with Crippen molar-refractivity contribution in [1.82, 2.24) is 4.90 Å². The third-order valence-corrected chi connectivity index (χ3v) is 3.04. The average molecular weight is 240 g/mol. The van der Waals surface area contributed by atoms with Crippen LogP contribution in [0.25, 0.3) is 0 Å². The first-order valence-electron chi connectivity index (χ1n) is 5.72. The van der Waals surface area contributed by atoms with Crippen LogP contribution in [0.15, 0.2) is 24.3 Å². The molecule has 2 heteroatoms. The van der Waals surface area contributed by atoms with E-state index in [-0.39, 0.29) is 0 Å². The van der Waals surface area contributed by atoms with E-state index in [0.717, 1.165) is 11.4 Å². The number of rotatable bonds is 3. The van der Waals surface area contributed by atoms with Crippen LogP contribution >= 0.6 is 11.6 Å². The van der Waals surface area contributed by atoms with Crippen LogP contribution in [0.5, 0.6) is 0 Å². The highest BCUT2D eigenvalue weighted by Crippen LogP contribution is 2.35. The second-order valence-corrected chi connectivity index (χ2v) is 6.17. The number of hydrogen-bond donors (Lipinski definition) is 0. The quantitative estimate of drug-likeness (QED) is 0.757. The van der Waals surface area contributed by atoms with Gasteiger partial charge in [-0.05, 0) is 37.6 Å². The molecule has 1 aromatic rings. The molecule has 0 radical (unpaired) electrons. The van der Waals surface area contributed by atoms with Crippen LogP contribution in [0, 0.1) is 5.41 Å². The van der Waals surface area contributed by atoms with Crippen LogP contribution in [0.1, 0.15) is 38.8 Å². The Morgan fingerprint density at radius 2 is 1.75 bits per heavy atom. The molecular weight excluding hydrogens is 218 g/mol. The van der Waals surface area contributed by atoms with Gasteiger partial charge in [0, 0.05) is 11.1 Å². The number of halogens is 1. The summed E-state index contributed by atoms with van der Waals surface area (Å²) < 4.78 is 0. The van der Waals surface area contributed by atoms with E-state index in [1.165, 1.54) is 5.56 Å². The fraction of sp³-hybridized carbons (Fsp3) is 0.571. The van der Waals surface area contributed by atoms with Gasteiger partial charge in [0.05, 0.1) is 0 Å². The Hall–Kier alpha value is -0.530. The zero-order valence-electron chi connectivity index (χ0n) is 10.9. The molecule has 1 rings (SSSR count). The maximum absolute atomic E-state index is 6.27. The normalized spacial score (nSPS) is 14.2. The molecule has 1 aromatic carbocycles. The van der Waals surface area contributed by atoms with Crippen LogP contribution in [0.4, 0.5) is 0 Å². The summed E-state index contributed by atoms with van der Waals surface area (Å²) in [5, 5.41) is 0.866. The summed E-state index contributed by atoms with van der Waals surface area (Å²) in [5.41, 5.74) is 1.53. The van der Waals surface area contributed by atoms with E-state index in [1.54, 1.807) is 0 Å². The van der Waals surface area contributed by atoms with Crippen molar-refractivity contribution in [2.24, 2.45) is 5.41 Å². The first kappa shape index (κ1) is 13.5. The predicted molar refractivity (Wildman–Crippen MR) is 72.0 cm³/mol. The Morgan fingerprint density at radius 1 is 1.19 bits per heavy atom. The molecule has 1 unspecified atom stereocenters. The lowest BCUT2D eigenvalue weighted by Gasteiger charge is -2.31. The average Bonchev–Trinajstić information content (AvgIpc) is 2.13. The molecule has 1 nitrogen and oxygen atoms in total. The Kier molecular flexibility index (Phi) is 4.40. The van der Waals surface area contributed by atoms with Gasteiger partial charge in [0.2, 0.25) is 0 Å². The van der Waals surface area contributed by atoms with Crippen molar-refractivity contribution in [2.45, 2.75) is 33.2 Å². The highest BCUT2D eigenvalue weighted by molar-refractivity contribution is 6.31. The minimum atomic E-state index is 0.300. The van der Waals surface area contributed by atoms with Crippen molar-refractivity contribution in [2.75, 3.05) is 14.1 Å². The molecule has 0 aromatic heterocycles. The van der Waals surface area contributed by atoms with E-state index in [2.05, 4.69) is 51.9 Å². The van der Waals surface area contributed by atoms with Gasteiger partial charge >= 0.3 is 0 Å². The van der Waals surface area contributed by atoms with Crippen molar-refractivity contribution in [3.05, 3.63) is 34.9 Å². The molecule has 0 N–H and O–H groups in total. The van der Waals surface area contributed by atoms with Gasteiger partial charge in [0.25, 0.3) is 0 Å². The van der Waals surface area contributed by atoms with Crippen LogP contribution in [0.2, 0.25) is 5.02 Å². The smallest absolute Gasteiger partial charge is 0.0453 e. The molecular formula is C14H22ClN. The lowest BCUT2D eigenvalue weighted by atomic mass is 9.85. The van der Waals surface area contributed by atoms with Crippen LogP contribution in [-0.2, 0) is 0 Å². The number of hydrogen-bond acceptors (Lipinski definition) is 1. The maximum atomic E-state index is 6.27. The summed E-state index contributed by atoms with van der Waals surface area (Å²) in [6.07, 6.45) is 1.10. The highest BCUT2D eigenvalue weighted by Gasteiger charge is 2.23. The van der Waals surface area contributed by atoms with Gasteiger partial charge in [-0.2, -0.15) is 0 Å². The van der Waals surface area contributed by atoms with Gasteiger partial charge in [-0.1, -0.05) is 50.6 Å². The van der Waals surface area contributed by atoms with Gasteiger partial charge in [-0.25, -0.2) is 0 Å². The maximum Gasteiger partial charge on any atom is 0.0453 e. The van der Waals surface area contributed by atoms with Crippen molar-refractivity contribution < 1.29 is 0 Å². The van der Waals surface area contributed by atoms with Gasteiger partial charge < -0.3 is 4.90 Å². The lowest BCUT2D eigenvalue weighted by Crippen LogP contribution is -2.25. The minimum Gasteiger partial charge on any atom is -0.302 e. The molecule has 0 saturated heterocycles. The summed E-state index contributed by atoms with van der Waals surface area (Å²) in [4.78, 5) is 2.24. The first-order chi connectivity index (χ1) is 7.31. The summed E-state index contributed by atoms with van der Waals surface area (Å²) in [6.45, 7) is 6.79. The first-order valence-corrected chi connectivity index (χ1v) is 6.10. The molecule has 90 valence electrons. The van der Waals surface area contributed by atoms with Crippen molar-refractivity contribution in [3.63, 3.8) is 0 Å². The minimum absolute atomic E-state index is 0.300. The van der Waals surface area contributed by atoms with Gasteiger partial charge in [-0.3, -0.25) is 0 Å². The zero-order valence-corrected chi connectivity index (χ0v) is 11.7. The second kappa shape index (κ2) is 5.20. The van der Waals surface area contributed by atoms with Crippen LogP contribution < -0.4 is 0 Å².